The van der Waals surface area contributed by atoms with Gasteiger partial charge in [0.1, 0.15) is 0 Å². The van der Waals surface area contributed by atoms with Crippen molar-refractivity contribution in [3.05, 3.63) is 47.9 Å². The number of para-hydroxylation sites is 2. The van der Waals surface area contributed by atoms with Crippen molar-refractivity contribution >= 4 is 5.78 Å². The Labute approximate surface area is 86.6 Å². The highest BCUT2D eigenvalue weighted by molar-refractivity contribution is 5.97. The zero-order chi connectivity index (χ0) is 10.3. The molecule has 1 aromatic rings. The molecular formula is C12H8O3. The third kappa shape index (κ3) is 1.24. The van der Waals surface area contributed by atoms with Crippen LogP contribution in [0.25, 0.3) is 0 Å². The first-order valence-corrected chi connectivity index (χ1v) is 4.73. The molecule has 1 aliphatic carbocycles. The summed E-state index contributed by atoms with van der Waals surface area (Å²) in [6.07, 6.45) is 3.93. The fourth-order valence-corrected chi connectivity index (χ4v) is 1.61. The largest absolute Gasteiger partial charge is 0.449 e. The molecule has 0 saturated carbocycles. The average molecular weight is 200 g/mol. The molecule has 3 rings (SSSR count). The number of hydrogen-bond acceptors (Lipinski definition) is 3. The van der Waals surface area contributed by atoms with Crippen LogP contribution in [0.5, 0.6) is 11.5 Å². The smallest absolute Gasteiger partial charge is 0.213 e. The van der Waals surface area contributed by atoms with E-state index in [1.165, 1.54) is 0 Å². The van der Waals surface area contributed by atoms with Crippen molar-refractivity contribution in [2.75, 3.05) is 0 Å². The zero-order valence-corrected chi connectivity index (χ0v) is 7.90. The van der Waals surface area contributed by atoms with Gasteiger partial charge in [-0.05, 0) is 18.2 Å². The van der Waals surface area contributed by atoms with Gasteiger partial charge in [-0.3, -0.25) is 4.79 Å². The van der Waals surface area contributed by atoms with Crippen molar-refractivity contribution in [1.82, 2.24) is 0 Å². The highest BCUT2D eigenvalue weighted by atomic mass is 16.6. The Hall–Kier alpha value is -2.03. The fraction of sp³-hybridized carbons (Fsp3) is 0.0833. The van der Waals surface area contributed by atoms with E-state index in [0.29, 0.717) is 29.4 Å². The van der Waals surface area contributed by atoms with Gasteiger partial charge in [-0.15, -0.1) is 0 Å². The maximum atomic E-state index is 11.5. The molecule has 15 heavy (non-hydrogen) atoms. The molecule has 0 atom stereocenters. The van der Waals surface area contributed by atoms with E-state index in [4.69, 9.17) is 9.47 Å². The molecular weight excluding hydrogens is 192 g/mol. The molecule has 0 bridgehead atoms. The van der Waals surface area contributed by atoms with Gasteiger partial charge in [-0.1, -0.05) is 18.2 Å². The van der Waals surface area contributed by atoms with E-state index in [9.17, 15) is 4.79 Å². The number of ether oxygens (including phenoxy) is 2. The van der Waals surface area contributed by atoms with Crippen molar-refractivity contribution in [2.45, 2.75) is 6.42 Å². The molecule has 3 heteroatoms. The maximum absolute atomic E-state index is 11.5. The molecule has 0 saturated heterocycles. The van der Waals surface area contributed by atoms with Gasteiger partial charge in [0, 0.05) is 6.42 Å². The third-order valence-electron chi connectivity index (χ3n) is 2.33. The molecule has 1 aliphatic heterocycles. The second-order valence-electron chi connectivity index (χ2n) is 3.37. The number of ketones is 1. The molecule has 74 valence electrons. The van der Waals surface area contributed by atoms with Crippen LogP contribution in [-0.4, -0.2) is 5.78 Å². The highest BCUT2D eigenvalue weighted by Crippen LogP contribution is 2.36. The van der Waals surface area contributed by atoms with Crippen LogP contribution in [0.1, 0.15) is 6.42 Å². The van der Waals surface area contributed by atoms with Crippen LogP contribution in [-0.2, 0) is 4.79 Å². The molecule has 0 amide bonds. The highest BCUT2D eigenvalue weighted by Gasteiger charge is 2.26. The Bertz CT molecular complexity index is 497. The van der Waals surface area contributed by atoms with Gasteiger partial charge in [0.15, 0.2) is 17.3 Å². The molecule has 1 heterocycles. The summed E-state index contributed by atoms with van der Waals surface area (Å²) in [5.74, 6) is 2.03. The van der Waals surface area contributed by atoms with E-state index in [2.05, 4.69) is 0 Å². The van der Waals surface area contributed by atoms with Crippen LogP contribution in [0.15, 0.2) is 47.9 Å². The predicted molar refractivity (Wildman–Crippen MR) is 53.5 cm³/mol. The Balaban J connectivity index is 2.08. The van der Waals surface area contributed by atoms with E-state index >= 15 is 0 Å². The van der Waals surface area contributed by atoms with Crippen LogP contribution >= 0.6 is 0 Å². The SMILES string of the molecule is O=C1CC=CC2=C1Oc1ccccc1O2. The van der Waals surface area contributed by atoms with Crippen LogP contribution in [0, 0.1) is 0 Å². The molecule has 0 radical (unpaired) electrons. The Morgan fingerprint density at radius 3 is 2.60 bits per heavy atom. The van der Waals surface area contributed by atoms with Crippen LogP contribution < -0.4 is 9.47 Å². The molecule has 3 nitrogen and oxygen atoms in total. The van der Waals surface area contributed by atoms with E-state index in [1.807, 2.05) is 18.2 Å². The zero-order valence-electron chi connectivity index (χ0n) is 7.90. The summed E-state index contributed by atoms with van der Waals surface area (Å²) in [5.41, 5.74) is 0. The van der Waals surface area contributed by atoms with Crippen molar-refractivity contribution in [3.63, 3.8) is 0 Å². The molecule has 0 unspecified atom stereocenters. The van der Waals surface area contributed by atoms with Gasteiger partial charge in [-0.25, -0.2) is 0 Å². The fourth-order valence-electron chi connectivity index (χ4n) is 1.61. The summed E-state index contributed by atoms with van der Waals surface area (Å²) >= 11 is 0. The normalized spacial score (nSPS) is 17.7. The summed E-state index contributed by atoms with van der Waals surface area (Å²) in [7, 11) is 0. The molecule has 0 aromatic heterocycles. The lowest BCUT2D eigenvalue weighted by atomic mass is 10.1. The summed E-state index contributed by atoms with van der Waals surface area (Å²) in [5, 5.41) is 0. The molecule has 0 spiro atoms. The van der Waals surface area contributed by atoms with Gasteiger partial charge in [0.2, 0.25) is 11.5 Å². The van der Waals surface area contributed by atoms with E-state index in [0.717, 1.165) is 0 Å². The van der Waals surface area contributed by atoms with Crippen molar-refractivity contribution < 1.29 is 14.3 Å². The molecule has 0 N–H and O–H groups in total. The summed E-state index contributed by atoms with van der Waals surface area (Å²) in [6.45, 7) is 0. The van der Waals surface area contributed by atoms with E-state index in [-0.39, 0.29) is 5.78 Å². The summed E-state index contributed by atoms with van der Waals surface area (Å²) < 4.78 is 11.1. The second kappa shape index (κ2) is 2.98. The molecule has 2 aliphatic rings. The number of allylic oxidation sites excluding steroid dienone is 3. The second-order valence-corrected chi connectivity index (χ2v) is 3.37. The number of carbonyl (C=O) groups is 1. The van der Waals surface area contributed by atoms with E-state index in [1.54, 1.807) is 18.2 Å². The van der Waals surface area contributed by atoms with Gasteiger partial charge in [0.25, 0.3) is 0 Å². The van der Waals surface area contributed by atoms with Gasteiger partial charge in [0.05, 0.1) is 0 Å². The number of fused-ring (bicyclic) bond motifs is 1. The molecule has 0 fully saturated rings. The Morgan fingerprint density at radius 1 is 1.07 bits per heavy atom. The van der Waals surface area contributed by atoms with Gasteiger partial charge >= 0.3 is 0 Å². The lowest BCUT2D eigenvalue weighted by molar-refractivity contribution is -0.117. The number of hydrogen-bond donors (Lipinski definition) is 0. The van der Waals surface area contributed by atoms with Crippen LogP contribution in [0.3, 0.4) is 0 Å². The molecule has 1 aromatic carbocycles. The number of Topliss-reactive ketones (excluding diaryl/α,β-unsaturated/α-hetero) is 1. The quantitative estimate of drug-likeness (QED) is 0.644. The first kappa shape index (κ1) is 8.29. The standard InChI is InChI=1S/C12H8O3/c13-8-4-3-7-11-12(8)15-10-6-2-1-5-9(10)14-11/h1-3,5-7H,4H2. The summed E-state index contributed by atoms with van der Waals surface area (Å²) in [4.78, 5) is 11.5. The van der Waals surface area contributed by atoms with Crippen LogP contribution in [0.4, 0.5) is 0 Å². The third-order valence-corrected chi connectivity index (χ3v) is 2.33. The van der Waals surface area contributed by atoms with Crippen molar-refractivity contribution in [2.24, 2.45) is 0 Å². The minimum Gasteiger partial charge on any atom is -0.449 e. The van der Waals surface area contributed by atoms with Gasteiger partial charge in [-0.2, -0.15) is 0 Å². The number of rotatable bonds is 0. The minimum atomic E-state index is -0.0398. The first-order valence-electron chi connectivity index (χ1n) is 4.73. The first-order chi connectivity index (χ1) is 7.34. The lowest BCUT2D eigenvalue weighted by Gasteiger charge is -2.22. The number of benzene rings is 1. The van der Waals surface area contributed by atoms with Crippen LogP contribution in [0.2, 0.25) is 0 Å². The van der Waals surface area contributed by atoms with Crippen molar-refractivity contribution in [1.29, 1.82) is 0 Å². The predicted octanol–water partition coefficient (Wildman–Crippen LogP) is 2.20. The van der Waals surface area contributed by atoms with Gasteiger partial charge < -0.3 is 9.47 Å². The maximum Gasteiger partial charge on any atom is 0.213 e. The van der Waals surface area contributed by atoms with Crippen molar-refractivity contribution in [3.8, 4) is 11.5 Å². The monoisotopic (exact) mass is 200 g/mol. The summed E-state index contributed by atoms with van der Waals surface area (Å²) in [6, 6.07) is 7.30. The Morgan fingerprint density at radius 2 is 1.80 bits per heavy atom. The Kier molecular flexibility index (Phi) is 1.65. The number of carbonyl (C=O) groups excluding carboxylic acids is 1. The topological polar surface area (TPSA) is 35.5 Å². The van der Waals surface area contributed by atoms with E-state index < -0.39 is 0 Å². The lowest BCUT2D eigenvalue weighted by Crippen LogP contribution is -2.19. The minimum absolute atomic E-state index is 0.0398. The average Bonchev–Trinajstić information content (AvgIpc) is 2.27.